The zero-order chi connectivity index (χ0) is 36.6. The summed E-state index contributed by atoms with van der Waals surface area (Å²) in [6.45, 7) is 6.35. The monoisotopic (exact) mass is 699 g/mol. The van der Waals surface area contributed by atoms with E-state index in [1.165, 1.54) is 51.4 Å². The Labute approximate surface area is 307 Å². The highest BCUT2D eigenvalue weighted by molar-refractivity contribution is 5.71. The van der Waals surface area contributed by atoms with Crippen LogP contribution in [0.15, 0.2) is 60.8 Å². The maximum atomic E-state index is 12.6. The number of allylic oxidation sites excluding steroid dienone is 10. The molecule has 0 fully saturated rings. The fourth-order valence-electron chi connectivity index (χ4n) is 5.20. The highest BCUT2D eigenvalue weighted by atomic mass is 16.6. The lowest BCUT2D eigenvalue weighted by Crippen LogP contribution is -2.30. The van der Waals surface area contributed by atoms with Crippen LogP contribution in [0.1, 0.15) is 181 Å². The molecule has 0 spiro atoms. The number of unbranched alkanes of at least 4 members (excludes halogenated alkanes) is 15. The van der Waals surface area contributed by atoms with E-state index >= 15 is 0 Å². The Morgan fingerprint density at radius 1 is 0.440 bits per heavy atom. The minimum absolute atomic E-state index is 0.0972. The highest BCUT2D eigenvalue weighted by Crippen LogP contribution is 2.12. The molecule has 50 heavy (non-hydrogen) atoms. The third-order valence-corrected chi connectivity index (χ3v) is 8.28. The molecule has 0 aromatic rings. The maximum Gasteiger partial charge on any atom is 0.306 e. The second kappa shape index (κ2) is 38.9. The number of esters is 3. The summed E-state index contributed by atoms with van der Waals surface area (Å²) in [5.41, 5.74) is 0. The van der Waals surface area contributed by atoms with Gasteiger partial charge in [0.2, 0.25) is 0 Å². The topological polar surface area (TPSA) is 78.9 Å². The molecule has 6 nitrogen and oxygen atoms in total. The molecular weight excluding hydrogens is 624 g/mol. The van der Waals surface area contributed by atoms with Gasteiger partial charge in [-0.25, -0.2) is 0 Å². The molecule has 0 rings (SSSR count). The van der Waals surface area contributed by atoms with E-state index in [0.717, 1.165) is 89.9 Å². The molecule has 0 saturated heterocycles. The van der Waals surface area contributed by atoms with Crippen LogP contribution in [-0.2, 0) is 28.6 Å². The van der Waals surface area contributed by atoms with E-state index in [1.54, 1.807) is 0 Å². The molecule has 0 aromatic carbocycles. The Balaban J connectivity index is 4.49. The van der Waals surface area contributed by atoms with E-state index in [1.807, 2.05) is 0 Å². The van der Waals surface area contributed by atoms with Crippen LogP contribution in [0.25, 0.3) is 0 Å². The van der Waals surface area contributed by atoms with Crippen molar-refractivity contribution in [2.45, 2.75) is 187 Å². The van der Waals surface area contributed by atoms with Gasteiger partial charge in [0.05, 0.1) is 0 Å². The Hall–Kier alpha value is -2.89. The van der Waals surface area contributed by atoms with Crippen LogP contribution in [0, 0.1) is 0 Å². The molecule has 6 heteroatoms. The molecule has 0 aliphatic rings. The second-order valence-electron chi connectivity index (χ2n) is 13.2. The smallest absolute Gasteiger partial charge is 0.306 e. The number of rotatable bonds is 35. The van der Waals surface area contributed by atoms with Crippen molar-refractivity contribution < 1.29 is 28.6 Å². The van der Waals surface area contributed by atoms with Gasteiger partial charge >= 0.3 is 17.9 Å². The molecular formula is C44H74O6. The van der Waals surface area contributed by atoms with E-state index in [-0.39, 0.29) is 37.5 Å². The standard InChI is InChI=1S/C44H74O6/c1-4-7-10-13-16-19-21-23-25-28-31-34-37-43(46)49-40-41(39-48-42(45)36-33-30-27-24-18-15-12-9-6-3)50-44(47)38-35-32-29-26-22-20-17-14-11-8-5-2/h7,10,14,16-17,19-20,22-23,25,41H,4-6,8-9,11-13,15,18,21,24,26-40H2,1-3H3/b10-7-,17-14-,19-16-,22-20-,25-23-. The van der Waals surface area contributed by atoms with E-state index in [4.69, 9.17) is 14.2 Å². The van der Waals surface area contributed by atoms with Gasteiger partial charge in [-0.3, -0.25) is 14.4 Å². The first-order chi connectivity index (χ1) is 24.5. The highest BCUT2D eigenvalue weighted by Gasteiger charge is 2.19. The van der Waals surface area contributed by atoms with Crippen molar-refractivity contribution in [2.75, 3.05) is 13.2 Å². The molecule has 0 N–H and O–H groups in total. The molecule has 0 bridgehead atoms. The first kappa shape index (κ1) is 47.1. The van der Waals surface area contributed by atoms with E-state index in [9.17, 15) is 14.4 Å². The molecule has 0 aliphatic heterocycles. The molecule has 1 unspecified atom stereocenters. The van der Waals surface area contributed by atoms with Gasteiger partial charge in [0, 0.05) is 19.3 Å². The van der Waals surface area contributed by atoms with Crippen LogP contribution in [0.5, 0.6) is 0 Å². The van der Waals surface area contributed by atoms with Crippen LogP contribution in [0.3, 0.4) is 0 Å². The summed E-state index contributed by atoms with van der Waals surface area (Å²) in [4.78, 5) is 37.5. The van der Waals surface area contributed by atoms with Crippen LogP contribution in [0.2, 0.25) is 0 Å². The van der Waals surface area contributed by atoms with E-state index in [2.05, 4.69) is 81.5 Å². The SMILES string of the molecule is CC/C=C\C/C=C\C/C=C\CCCCC(=O)OCC(COC(=O)CCCCCCCCCCC)OC(=O)CCCCC/C=C\C=C/CCCC. The zero-order valence-electron chi connectivity index (χ0n) is 32.4. The maximum absolute atomic E-state index is 12.6. The number of carbonyl (C=O) groups is 3. The third kappa shape index (κ3) is 36.4. The van der Waals surface area contributed by atoms with Gasteiger partial charge in [0.1, 0.15) is 13.2 Å². The fourth-order valence-corrected chi connectivity index (χ4v) is 5.20. The quantitative estimate of drug-likeness (QED) is 0.0215. The van der Waals surface area contributed by atoms with Crippen LogP contribution in [0.4, 0.5) is 0 Å². The largest absolute Gasteiger partial charge is 0.462 e. The lowest BCUT2D eigenvalue weighted by atomic mass is 10.1. The molecule has 286 valence electrons. The van der Waals surface area contributed by atoms with Gasteiger partial charge in [-0.1, -0.05) is 152 Å². The van der Waals surface area contributed by atoms with Gasteiger partial charge in [-0.05, 0) is 70.6 Å². The normalized spacial score (nSPS) is 12.6. The number of carbonyl (C=O) groups excluding carboxylic acids is 3. The van der Waals surface area contributed by atoms with Gasteiger partial charge in [0.15, 0.2) is 6.10 Å². The number of hydrogen-bond acceptors (Lipinski definition) is 6. The summed E-state index contributed by atoms with van der Waals surface area (Å²) in [5, 5.41) is 0. The van der Waals surface area contributed by atoms with Gasteiger partial charge in [0.25, 0.3) is 0 Å². The summed E-state index contributed by atoms with van der Waals surface area (Å²) in [6, 6.07) is 0. The van der Waals surface area contributed by atoms with Crippen molar-refractivity contribution in [2.24, 2.45) is 0 Å². The van der Waals surface area contributed by atoms with Crippen molar-refractivity contribution in [3.05, 3.63) is 60.8 Å². The fraction of sp³-hybridized carbons (Fsp3) is 0.705. The summed E-state index contributed by atoms with van der Waals surface area (Å²) in [7, 11) is 0. The summed E-state index contributed by atoms with van der Waals surface area (Å²) < 4.78 is 16.5. The Kier molecular flexibility index (Phi) is 36.7. The Bertz CT molecular complexity index is 944. The Morgan fingerprint density at radius 2 is 0.860 bits per heavy atom. The number of hydrogen-bond donors (Lipinski definition) is 0. The lowest BCUT2D eigenvalue weighted by Gasteiger charge is -2.18. The molecule has 0 aliphatic carbocycles. The molecule has 0 aromatic heterocycles. The average Bonchev–Trinajstić information content (AvgIpc) is 3.11. The van der Waals surface area contributed by atoms with Crippen LogP contribution in [-0.4, -0.2) is 37.2 Å². The summed E-state index contributed by atoms with van der Waals surface area (Å²) in [6.07, 6.45) is 45.0. The molecule has 0 radical (unpaired) electrons. The summed E-state index contributed by atoms with van der Waals surface area (Å²) >= 11 is 0. The second-order valence-corrected chi connectivity index (χ2v) is 13.2. The minimum Gasteiger partial charge on any atom is -0.462 e. The van der Waals surface area contributed by atoms with Gasteiger partial charge in [-0.15, -0.1) is 0 Å². The van der Waals surface area contributed by atoms with E-state index in [0.29, 0.717) is 12.8 Å². The van der Waals surface area contributed by atoms with Crippen molar-refractivity contribution in [3.8, 4) is 0 Å². The predicted molar refractivity (Wildman–Crippen MR) is 210 cm³/mol. The molecule has 0 saturated carbocycles. The zero-order valence-corrected chi connectivity index (χ0v) is 32.4. The first-order valence-corrected chi connectivity index (χ1v) is 20.3. The molecule has 0 amide bonds. The first-order valence-electron chi connectivity index (χ1n) is 20.3. The van der Waals surface area contributed by atoms with Gasteiger partial charge in [-0.2, -0.15) is 0 Å². The van der Waals surface area contributed by atoms with Gasteiger partial charge < -0.3 is 14.2 Å². The van der Waals surface area contributed by atoms with Crippen molar-refractivity contribution >= 4 is 17.9 Å². The van der Waals surface area contributed by atoms with E-state index < -0.39 is 6.10 Å². The number of ether oxygens (including phenoxy) is 3. The molecule has 1 atom stereocenters. The van der Waals surface area contributed by atoms with Crippen molar-refractivity contribution in [1.29, 1.82) is 0 Å². The van der Waals surface area contributed by atoms with Crippen molar-refractivity contribution in [3.63, 3.8) is 0 Å². The lowest BCUT2D eigenvalue weighted by molar-refractivity contribution is -0.167. The molecule has 0 heterocycles. The Morgan fingerprint density at radius 3 is 1.44 bits per heavy atom. The minimum atomic E-state index is -0.797. The average molecular weight is 699 g/mol. The van der Waals surface area contributed by atoms with Crippen LogP contribution >= 0.6 is 0 Å². The van der Waals surface area contributed by atoms with Crippen LogP contribution < -0.4 is 0 Å². The summed E-state index contributed by atoms with van der Waals surface area (Å²) in [5.74, 6) is -0.979. The third-order valence-electron chi connectivity index (χ3n) is 8.28. The predicted octanol–water partition coefficient (Wildman–Crippen LogP) is 12.6. The van der Waals surface area contributed by atoms with Crippen molar-refractivity contribution in [1.82, 2.24) is 0 Å².